The summed E-state index contributed by atoms with van der Waals surface area (Å²) in [6.45, 7) is 0.0665. The van der Waals surface area contributed by atoms with E-state index in [4.69, 9.17) is 0 Å². The van der Waals surface area contributed by atoms with Gasteiger partial charge in [0.25, 0.3) is 0 Å². The number of benzene rings is 3. The van der Waals surface area contributed by atoms with Crippen molar-refractivity contribution in [1.29, 1.82) is 0 Å². The molecule has 1 amide bonds. The molecule has 0 aliphatic carbocycles. The molecule has 3 aromatic carbocycles. The van der Waals surface area contributed by atoms with Crippen molar-refractivity contribution >= 4 is 33.4 Å². The quantitative estimate of drug-likeness (QED) is 0.460. The summed E-state index contributed by atoms with van der Waals surface area (Å²) in [6, 6.07) is 22.0. The SMILES string of the molecule is Cn1nnnc1-c1cccc(NC(=O)Cn2c3ccccc3c(=O)c3ccccc32)c1. The number of rotatable bonds is 4. The molecule has 0 aliphatic rings. The minimum atomic E-state index is -0.202. The normalized spacial score (nSPS) is 11.1. The lowest BCUT2D eigenvalue weighted by atomic mass is 10.1. The van der Waals surface area contributed by atoms with Crippen LogP contribution in [0, 0.1) is 0 Å². The molecule has 0 spiro atoms. The van der Waals surface area contributed by atoms with Gasteiger partial charge in [-0.2, -0.15) is 0 Å². The van der Waals surface area contributed by atoms with Crippen LogP contribution in [-0.2, 0) is 18.4 Å². The molecule has 5 aromatic rings. The van der Waals surface area contributed by atoms with E-state index >= 15 is 0 Å². The maximum Gasteiger partial charge on any atom is 0.244 e. The third-order valence-corrected chi connectivity index (χ3v) is 5.21. The van der Waals surface area contributed by atoms with Gasteiger partial charge in [0, 0.05) is 29.1 Å². The average Bonchev–Trinajstić information content (AvgIpc) is 3.23. The lowest BCUT2D eigenvalue weighted by molar-refractivity contribution is -0.116. The Morgan fingerprint density at radius 3 is 2.26 bits per heavy atom. The standard InChI is InChI=1S/C23H18N6O2/c1-28-23(25-26-27-28)15-7-6-8-16(13-15)24-21(30)14-29-19-11-4-2-9-17(19)22(31)18-10-3-5-12-20(18)29/h2-13H,14H2,1H3,(H,24,30). The minimum Gasteiger partial charge on any atom is -0.331 e. The molecule has 152 valence electrons. The number of amides is 1. The molecule has 0 radical (unpaired) electrons. The number of para-hydroxylation sites is 2. The second-order valence-corrected chi connectivity index (χ2v) is 7.20. The minimum absolute atomic E-state index is 0.0344. The lowest BCUT2D eigenvalue weighted by Crippen LogP contribution is -2.21. The van der Waals surface area contributed by atoms with Gasteiger partial charge in [-0.15, -0.1) is 5.10 Å². The van der Waals surface area contributed by atoms with Crippen LogP contribution in [0.5, 0.6) is 0 Å². The highest BCUT2D eigenvalue weighted by Crippen LogP contribution is 2.21. The highest BCUT2D eigenvalue weighted by atomic mass is 16.2. The van der Waals surface area contributed by atoms with Crippen LogP contribution in [0.15, 0.2) is 77.6 Å². The van der Waals surface area contributed by atoms with E-state index < -0.39 is 0 Å². The van der Waals surface area contributed by atoms with E-state index in [0.717, 1.165) is 16.6 Å². The van der Waals surface area contributed by atoms with Crippen LogP contribution in [0.1, 0.15) is 0 Å². The molecular weight excluding hydrogens is 392 g/mol. The number of carbonyl (C=O) groups excluding carboxylic acids is 1. The Morgan fingerprint density at radius 2 is 1.61 bits per heavy atom. The van der Waals surface area contributed by atoms with Crippen LogP contribution in [0.2, 0.25) is 0 Å². The van der Waals surface area contributed by atoms with Gasteiger partial charge in [0.1, 0.15) is 6.54 Å². The van der Waals surface area contributed by atoms with Crippen LogP contribution in [-0.4, -0.2) is 30.7 Å². The van der Waals surface area contributed by atoms with Crippen LogP contribution >= 0.6 is 0 Å². The fourth-order valence-corrected chi connectivity index (χ4v) is 3.80. The zero-order valence-corrected chi connectivity index (χ0v) is 16.7. The van der Waals surface area contributed by atoms with Crippen molar-refractivity contribution in [3.05, 3.63) is 83.0 Å². The Labute approximate surface area is 176 Å². The average molecular weight is 410 g/mol. The van der Waals surface area contributed by atoms with Crippen LogP contribution in [0.4, 0.5) is 5.69 Å². The summed E-state index contributed by atoms with van der Waals surface area (Å²) in [6.07, 6.45) is 0. The predicted molar refractivity (Wildman–Crippen MR) is 119 cm³/mol. The van der Waals surface area contributed by atoms with Crippen molar-refractivity contribution in [2.75, 3.05) is 5.32 Å². The van der Waals surface area contributed by atoms with E-state index in [9.17, 15) is 9.59 Å². The molecule has 8 nitrogen and oxygen atoms in total. The van der Waals surface area contributed by atoms with Gasteiger partial charge in [0.2, 0.25) is 5.91 Å². The largest absolute Gasteiger partial charge is 0.331 e. The van der Waals surface area contributed by atoms with Gasteiger partial charge >= 0.3 is 0 Å². The van der Waals surface area contributed by atoms with E-state index in [1.54, 1.807) is 23.9 Å². The Hall–Kier alpha value is -4.33. The van der Waals surface area contributed by atoms with Gasteiger partial charge in [-0.05, 0) is 46.8 Å². The Morgan fingerprint density at radius 1 is 0.935 bits per heavy atom. The molecule has 0 fully saturated rings. The monoisotopic (exact) mass is 410 g/mol. The summed E-state index contributed by atoms with van der Waals surface area (Å²) < 4.78 is 3.44. The fraction of sp³-hybridized carbons (Fsp3) is 0.0870. The van der Waals surface area contributed by atoms with Crippen LogP contribution in [0.3, 0.4) is 0 Å². The van der Waals surface area contributed by atoms with Gasteiger partial charge in [0.15, 0.2) is 11.3 Å². The number of fused-ring (bicyclic) bond motifs is 2. The highest BCUT2D eigenvalue weighted by Gasteiger charge is 2.13. The third kappa shape index (κ3) is 3.33. The van der Waals surface area contributed by atoms with E-state index in [1.165, 1.54) is 0 Å². The molecule has 0 saturated heterocycles. The lowest BCUT2D eigenvalue weighted by Gasteiger charge is -2.15. The van der Waals surface area contributed by atoms with Crippen molar-refractivity contribution in [3.63, 3.8) is 0 Å². The molecule has 0 unspecified atom stereocenters. The Balaban J connectivity index is 1.51. The number of aromatic nitrogens is 5. The first-order valence-corrected chi connectivity index (χ1v) is 9.75. The number of hydrogen-bond donors (Lipinski definition) is 1. The van der Waals surface area contributed by atoms with Gasteiger partial charge in [-0.3, -0.25) is 9.59 Å². The summed E-state index contributed by atoms with van der Waals surface area (Å²) in [7, 11) is 1.76. The molecule has 0 bridgehead atoms. The van der Waals surface area contributed by atoms with Gasteiger partial charge < -0.3 is 9.88 Å². The zero-order chi connectivity index (χ0) is 21.4. The number of aryl methyl sites for hydroxylation is 1. The van der Waals surface area contributed by atoms with Crippen molar-refractivity contribution < 1.29 is 4.79 Å². The highest BCUT2D eigenvalue weighted by molar-refractivity contribution is 5.97. The molecule has 0 saturated carbocycles. The first-order valence-electron chi connectivity index (χ1n) is 9.75. The van der Waals surface area contributed by atoms with Crippen molar-refractivity contribution in [3.8, 4) is 11.4 Å². The maximum absolute atomic E-state index is 13.0. The number of nitrogens with zero attached hydrogens (tertiary/aromatic N) is 5. The first kappa shape index (κ1) is 18.7. The molecule has 31 heavy (non-hydrogen) atoms. The van der Waals surface area contributed by atoms with E-state index in [1.807, 2.05) is 65.2 Å². The fourth-order valence-electron chi connectivity index (χ4n) is 3.80. The van der Waals surface area contributed by atoms with Crippen molar-refractivity contribution in [1.82, 2.24) is 24.8 Å². The second kappa shape index (κ2) is 7.49. The summed E-state index contributed by atoms with van der Waals surface area (Å²) in [4.78, 5) is 25.8. The van der Waals surface area contributed by atoms with E-state index in [2.05, 4.69) is 20.8 Å². The topological polar surface area (TPSA) is 94.7 Å². The number of carbonyl (C=O) groups is 1. The summed E-state index contributed by atoms with van der Waals surface area (Å²) in [5.41, 5.74) is 2.85. The maximum atomic E-state index is 13.0. The number of tetrazole rings is 1. The third-order valence-electron chi connectivity index (χ3n) is 5.21. The first-order chi connectivity index (χ1) is 15.1. The summed E-state index contributed by atoms with van der Waals surface area (Å²) >= 11 is 0. The molecule has 2 aromatic heterocycles. The Kier molecular flexibility index (Phi) is 4.51. The zero-order valence-electron chi connectivity index (χ0n) is 16.7. The summed E-state index contributed by atoms with van der Waals surface area (Å²) in [5.74, 6) is 0.403. The second-order valence-electron chi connectivity index (χ2n) is 7.20. The predicted octanol–water partition coefficient (Wildman–Crippen LogP) is 2.98. The number of hydrogen-bond acceptors (Lipinski definition) is 5. The molecule has 2 heterocycles. The summed E-state index contributed by atoms with van der Waals surface area (Å²) in [5, 5.41) is 15.6. The molecule has 0 aliphatic heterocycles. The molecular formula is C23H18N6O2. The molecule has 8 heteroatoms. The smallest absolute Gasteiger partial charge is 0.244 e. The van der Waals surface area contributed by atoms with Crippen molar-refractivity contribution in [2.45, 2.75) is 6.54 Å². The molecule has 1 N–H and O–H groups in total. The number of anilines is 1. The molecule has 0 atom stereocenters. The van der Waals surface area contributed by atoms with Gasteiger partial charge in [0.05, 0.1) is 11.0 Å². The Bertz CT molecular complexity index is 1440. The van der Waals surface area contributed by atoms with Gasteiger partial charge in [-0.25, -0.2) is 4.68 Å². The number of pyridine rings is 1. The van der Waals surface area contributed by atoms with Crippen LogP contribution in [0.25, 0.3) is 33.2 Å². The van der Waals surface area contributed by atoms with Gasteiger partial charge in [-0.1, -0.05) is 36.4 Å². The number of nitrogens with one attached hydrogen (secondary N) is 1. The van der Waals surface area contributed by atoms with Crippen molar-refractivity contribution in [2.24, 2.45) is 7.05 Å². The van der Waals surface area contributed by atoms with E-state index in [-0.39, 0.29) is 17.9 Å². The van der Waals surface area contributed by atoms with E-state index in [0.29, 0.717) is 22.3 Å². The molecule has 5 rings (SSSR count). The van der Waals surface area contributed by atoms with Crippen LogP contribution < -0.4 is 10.7 Å².